The lowest BCUT2D eigenvalue weighted by Crippen LogP contribution is -2.51. The Labute approximate surface area is 107 Å². The average Bonchev–Trinajstić information content (AvgIpc) is 2.26. The Bertz CT molecular complexity index is 226. The van der Waals surface area contributed by atoms with E-state index in [0.29, 0.717) is 18.1 Å². The lowest BCUT2D eigenvalue weighted by molar-refractivity contribution is -0.0258. The minimum Gasteiger partial charge on any atom is -0.378 e. The normalized spacial score (nSPS) is 26.8. The van der Waals surface area contributed by atoms with Crippen LogP contribution in [0, 0.1) is 5.92 Å². The molecule has 2 unspecified atom stereocenters. The molecule has 0 saturated carbocycles. The second kappa shape index (κ2) is 6.17. The molecule has 0 aromatic carbocycles. The van der Waals surface area contributed by atoms with Gasteiger partial charge in [-0.15, -0.1) is 0 Å². The van der Waals surface area contributed by atoms with Gasteiger partial charge in [0.25, 0.3) is 0 Å². The highest BCUT2D eigenvalue weighted by molar-refractivity contribution is 4.85. The van der Waals surface area contributed by atoms with Crippen molar-refractivity contribution < 1.29 is 4.74 Å². The molecule has 0 bridgehead atoms. The van der Waals surface area contributed by atoms with Gasteiger partial charge in [-0.05, 0) is 46.7 Å². The van der Waals surface area contributed by atoms with Gasteiger partial charge in [0.2, 0.25) is 0 Å². The number of likely N-dealkylation sites (N-methyl/N-ethyl adjacent to an activating group) is 1. The van der Waals surface area contributed by atoms with E-state index in [1.165, 1.54) is 0 Å². The number of hydrogen-bond donors (Lipinski definition) is 1. The summed E-state index contributed by atoms with van der Waals surface area (Å²) in [5.41, 5.74) is 0.214. The summed E-state index contributed by atoms with van der Waals surface area (Å²) in [4.78, 5) is 2.28. The molecule has 102 valence electrons. The summed E-state index contributed by atoms with van der Waals surface area (Å²) in [6, 6.07) is 0.621. The molecule has 0 amide bonds. The van der Waals surface area contributed by atoms with E-state index >= 15 is 0 Å². The van der Waals surface area contributed by atoms with Crippen LogP contribution in [0.3, 0.4) is 0 Å². The quantitative estimate of drug-likeness (QED) is 0.799. The SMILES string of the molecule is CC(C)C1CC(NCC(C)(C)N(C)C)CCO1. The van der Waals surface area contributed by atoms with Crippen molar-refractivity contribution >= 4 is 0 Å². The third-order valence-electron chi connectivity index (χ3n) is 4.09. The Morgan fingerprint density at radius 3 is 2.53 bits per heavy atom. The van der Waals surface area contributed by atoms with Gasteiger partial charge in [-0.2, -0.15) is 0 Å². The van der Waals surface area contributed by atoms with Gasteiger partial charge in [-0.3, -0.25) is 0 Å². The Kier molecular flexibility index (Phi) is 5.42. The lowest BCUT2D eigenvalue weighted by atomic mass is 9.94. The molecule has 0 radical (unpaired) electrons. The molecule has 0 aromatic rings. The maximum Gasteiger partial charge on any atom is 0.0612 e. The van der Waals surface area contributed by atoms with E-state index in [4.69, 9.17) is 4.74 Å². The van der Waals surface area contributed by atoms with E-state index in [1.54, 1.807) is 0 Å². The molecule has 1 aliphatic heterocycles. The van der Waals surface area contributed by atoms with Crippen molar-refractivity contribution in [3.63, 3.8) is 0 Å². The number of nitrogens with zero attached hydrogens (tertiary/aromatic N) is 1. The predicted molar refractivity (Wildman–Crippen MR) is 73.4 cm³/mol. The molecule has 1 rings (SSSR count). The molecule has 3 nitrogen and oxygen atoms in total. The van der Waals surface area contributed by atoms with Gasteiger partial charge < -0.3 is 15.0 Å². The number of hydrogen-bond acceptors (Lipinski definition) is 3. The van der Waals surface area contributed by atoms with Crippen LogP contribution in [0.15, 0.2) is 0 Å². The molecule has 0 spiro atoms. The Morgan fingerprint density at radius 1 is 1.35 bits per heavy atom. The van der Waals surface area contributed by atoms with Crippen LogP contribution in [-0.4, -0.2) is 49.8 Å². The van der Waals surface area contributed by atoms with E-state index < -0.39 is 0 Å². The minimum atomic E-state index is 0.214. The Balaban J connectivity index is 2.37. The molecule has 1 fully saturated rings. The molecule has 1 heterocycles. The van der Waals surface area contributed by atoms with Crippen LogP contribution < -0.4 is 5.32 Å². The van der Waals surface area contributed by atoms with Crippen LogP contribution in [0.25, 0.3) is 0 Å². The zero-order valence-electron chi connectivity index (χ0n) is 12.4. The van der Waals surface area contributed by atoms with E-state index in [1.807, 2.05) is 0 Å². The molecule has 1 N–H and O–H groups in total. The number of ether oxygens (including phenoxy) is 1. The fourth-order valence-electron chi connectivity index (χ4n) is 2.03. The first-order chi connectivity index (χ1) is 7.83. The van der Waals surface area contributed by atoms with Crippen molar-refractivity contribution in [3.8, 4) is 0 Å². The average molecular weight is 242 g/mol. The van der Waals surface area contributed by atoms with E-state index in [0.717, 1.165) is 26.0 Å². The molecule has 1 saturated heterocycles. The third kappa shape index (κ3) is 4.57. The molecular weight excluding hydrogens is 212 g/mol. The van der Waals surface area contributed by atoms with Crippen LogP contribution in [0.5, 0.6) is 0 Å². The highest BCUT2D eigenvalue weighted by Crippen LogP contribution is 2.20. The largest absolute Gasteiger partial charge is 0.378 e. The summed E-state index contributed by atoms with van der Waals surface area (Å²) in [6.07, 6.45) is 2.73. The van der Waals surface area contributed by atoms with Crippen LogP contribution in [-0.2, 0) is 4.74 Å². The Hall–Kier alpha value is -0.120. The van der Waals surface area contributed by atoms with Gasteiger partial charge in [0.05, 0.1) is 6.10 Å². The molecule has 1 aliphatic rings. The molecule has 0 aromatic heterocycles. The topological polar surface area (TPSA) is 24.5 Å². The van der Waals surface area contributed by atoms with Gasteiger partial charge >= 0.3 is 0 Å². The number of rotatable bonds is 5. The fraction of sp³-hybridized carbons (Fsp3) is 1.00. The molecular formula is C14H30N2O. The summed E-state index contributed by atoms with van der Waals surface area (Å²) in [5, 5.41) is 3.71. The fourth-order valence-corrected chi connectivity index (χ4v) is 2.03. The maximum atomic E-state index is 5.80. The van der Waals surface area contributed by atoms with Crippen molar-refractivity contribution in [3.05, 3.63) is 0 Å². The van der Waals surface area contributed by atoms with Crippen LogP contribution >= 0.6 is 0 Å². The summed E-state index contributed by atoms with van der Waals surface area (Å²) < 4.78 is 5.80. The van der Waals surface area contributed by atoms with Crippen LogP contribution in [0.4, 0.5) is 0 Å². The van der Waals surface area contributed by atoms with Gasteiger partial charge in [-0.25, -0.2) is 0 Å². The van der Waals surface area contributed by atoms with Crippen molar-refractivity contribution in [1.29, 1.82) is 0 Å². The monoisotopic (exact) mass is 242 g/mol. The van der Waals surface area contributed by atoms with E-state index in [9.17, 15) is 0 Å². The standard InChI is InChI=1S/C14H30N2O/c1-11(2)13-9-12(7-8-17-13)15-10-14(3,4)16(5)6/h11-13,15H,7-10H2,1-6H3. The van der Waals surface area contributed by atoms with Gasteiger partial charge in [0, 0.05) is 24.7 Å². The molecule has 17 heavy (non-hydrogen) atoms. The van der Waals surface area contributed by atoms with Crippen molar-refractivity contribution in [1.82, 2.24) is 10.2 Å². The molecule has 0 aliphatic carbocycles. The first-order valence-corrected chi connectivity index (χ1v) is 6.85. The highest BCUT2D eigenvalue weighted by Gasteiger charge is 2.27. The molecule has 3 heteroatoms. The van der Waals surface area contributed by atoms with Crippen molar-refractivity contribution in [2.45, 2.75) is 58.2 Å². The van der Waals surface area contributed by atoms with E-state index in [-0.39, 0.29) is 5.54 Å². The zero-order chi connectivity index (χ0) is 13.1. The third-order valence-corrected chi connectivity index (χ3v) is 4.09. The minimum absolute atomic E-state index is 0.214. The summed E-state index contributed by atoms with van der Waals surface area (Å²) in [5.74, 6) is 0.626. The van der Waals surface area contributed by atoms with Crippen molar-refractivity contribution in [2.24, 2.45) is 5.92 Å². The van der Waals surface area contributed by atoms with E-state index in [2.05, 4.69) is 52.0 Å². The van der Waals surface area contributed by atoms with Gasteiger partial charge in [0.15, 0.2) is 0 Å². The van der Waals surface area contributed by atoms with Crippen molar-refractivity contribution in [2.75, 3.05) is 27.2 Å². The molecule has 2 atom stereocenters. The zero-order valence-corrected chi connectivity index (χ0v) is 12.4. The lowest BCUT2D eigenvalue weighted by Gasteiger charge is -2.37. The summed E-state index contributed by atoms with van der Waals surface area (Å²) in [7, 11) is 4.28. The van der Waals surface area contributed by atoms with Crippen LogP contribution in [0.2, 0.25) is 0 Å². The van der Waals surface area contributed by atoms with Gasteiger partial charge in [0.1, 0.15) is 0 Å². The maximum absolute atomic E-state index is 5.80. The smallest absolute Gasteiger partial charge is 0.0612 e. The van der Waals surface area contributed by atoms with Gasteiger partial charge in [-0.1, -0.05) is 13.8 Å². The first kappa shape index (κ1) is 14.9. The second-order valence-corrected chi connectivity index (χ2v) is 6.46. The Morgan fingerprint density at radius 2 is 2.00 bits per heavy atom. The first-order valence-electron chi connectivity index (χ1n) is 6.85. The van der Waals surface area contributed by atoms with Crippen LogP contribution in [0.1, 0.15) is 40.5 Å². The highest BCUT2D eigenvalue weighted by atomic mass is 16.5. The predicted octanol–water partition coefficient (Wildman–Crippen LogP) is 2.12. The summed E-state index contributed by atoms with van der Waals surface area (Å²) in [6.45, 7) is 11.0. The number of nitrogens with one attached hydrogen (secondary N) is 1. The second-order valence-electron chi connectivity index (χ2n) is 6.46. The summed E-state index contributed by atoms with van der Waals surface area (Å²) >= 11 is 0.